The summed E-state index contributed by atoms with van der Waals surface area (Å²) >= 11 is 11.7. The zero-order chi connectivity index (χ0) is 13.7. The molecule has 96 valence electrons. The first-order valence-electron chi connectivity index (χ1n) is 5.07. The molecule has 18 heavy (non-hydrogen) atoms. The van der Waals surface area contributed by atoms with Crippen LogP contribution >= 0.6 is 23.2 Å². The zero-order valence-corrected chi connectivity index (χ0v) is 11.0. The highest BCUT2D eigenvalue weighted by Crippen LogP contribution is 2.23. The second-order valence-electron chi connectivity index (χ2n) is 3.35. The van der Waals surface area contributed by atoms with E-state index in [2.05, 4.69) is 10.5 Å². The molecule has 0 saturated heterocycles. The van der Waals surface area contributed by atoms with Gasteiger partial charge in [0.1, 0.15) is 0 Å². The van der Waals surface area contributed by atoms with E-state index in [0.29, 0.717) is 27.7 Å². The Kier molecular flexibility index (Phi) is 5.12. The number of hydrogen-bond acceptors (Lipinski definition) is 3. The number of nitrogens with one attached hydrogen (secondary N) is 1. The number of rotatable bonds is 3. The molecular weight excluding hydrogens is 277 g/mol. The maximum absolute atomic E-state index is 11.0. The SMILES string of the molecule is CC/C(=N/NC(=O)C(N)=O)c1ccc(Cl)c(Cl)c1. The summed E-state index contributed by atoms with van der Waals surface area (Å²) in [5.41, 5.74) is 8.12. The van der Waals surface area contributed by atoms with Crippen molar-refractivity contribution in [2.45, 2.75) is 13.3 Å². The summed E-state index contributed by atoms with van der Waals surface area (Å²) < 4.78 is 0. The number of primary amides is 1. The molecule has 0 aliphatic rings. The summed E-state index contributed by atoms with van der Waals surface area (Å²) in [5, 5.41) is 4.63. The van der Waals surface area contributed by atoms with Crippen molar-refractivity contribution in [3.63, 3.8) is 0 Å². The van der Waals surface area contributed by atoms with Crippen molar-refractivity contribution in [1.29, 1.82) is 0 Å². The van der Waals surface area contributed by atoms with Crippen LogP contribution in [0.4, 0.5) is 0 Å². The largest absolute Gasteiger partial charge is 0.361 e. The van der Waals surface area contributed by atoms with Gasteiger partial charge in [0.25, 0.3) is 0 Å². The van der Waals surface area contributed by atoms with E-state index in [1.54, 1.807) is 18.2 Å². The lowest BCUT2D eigenvalue weighted by molar-refractivity contribution is -0.137. The quantitative estimate of drug-likeness (QED) is 0.504. The number of nitrogens with two attached hydrogens (primary N) is 1. The first-order chi connectivity index (χ1) is 8.45. The molecule has 2 amide bonds. The van der Waals surface area contributed by atoms with E-state index in [0.717, 1.165) is 0 Å². The van der Waals surface area contributed by atoms with Crippen LogP contribution in [-0.4, -0.2) is 17.5 Å². The summed E-state index contributed by atoms with van der Waals surface area (Å²) in [6.07, 6.45) is 0.539. The van der Waals surface area contributed by atoms with Crippen LogP contribution in [0.1, 0.15) is 18.9 Å². The van der Waals surface area contributed by atoms with Crippen molar-refractivity contribution in [2.75, 3.05) is 0 Å². The minimum atomic E-state index is -1.09. The van der Waals surface area contributed by atoms with Gasteiger partial charge in [-0.05, 0) is 24.1 Å². The van der Waals surface area contributed by atoms with Crippen LogP contribution < -0.4 is 11.2 Å². The van der Waals surface area contributed by atoms with Crippen LogP contribution in [-0.2, 0) is 9.59 Å². The number of nitrogens with zero attached hydrogens (tertiary/aromatic N) is 1. The number of carbonyl (C=O) groups excluding carboxylic acids is 2. The molecule has 1 rings (SSSR count). The van der Waals surface area contributed by atoms with E-state index in [1.165, 1.54) is 0 Å². The van der Waals surface area contributed by atoms with Gasteiger partial charge in [-0.2, -0.15) is 5.10 Å². The van der Waals surface area contributed by atoms with Gasteiger partial charge in [-0.1, -0.05) is 36.2 Å². The summed E-state index contributed by atoms with van der Waals surface area (Å²) in [6.45, 7) is 1.85. The van der Waals surface area contributed by atoms with Crippen molar-refractivity contribution < 1.29 is 9.59 Å². The molecule has 7 heteroatoms. The van der Waals surface area contributed by atoms with Crippen LogP contribution in [0.2, 0.25) is 10.0 Å². The monoisotopic (exact) mass is 287 g/mol. The maximum atomic E-state index is 11.0. The highest BCUT2D eigenvalue weighted by atomic mass is 35.5. The lowest BCUT2D eigenvalue weighted by Crippen LogP contribution is -2.33. The summed E-state index contributed by atoms with van der Waals surface area (Å²) in [6, 6.07) is 4.97. The lowest BCUT2D eigenvalue weighted by Gasteiger charge is -2.05. The fraction of sp³-hybridized carbons (Fsp3) is 0.182. The van der Waals surface area contributed by atoms with Crippen LogP contribution in [0, 0.1) is 0 Å². The molecule has 0 fully saturated rings. The number of hydrazone groups is 1. The molecule has 3 N–H and O–H groups in total. The van der Waals surface area contributed by atoms with Gasteiger partial charge in [-0.15, -0.1) is 0 Å². The van der Waals surface area contributed by atoms with Crippen molar-refractivity contribution in [1.82, 2.24) is 5.43 Å². The van der Waals surface area contributed by atoms with Gasteiger partial charge in [0.05, 0.1) is 15.8 Å². The highest BCUT2D eigenvalue weighted by molar-refractivity contribution is 6.42. The van der Waals surface area contributed by atoms with Crippen molar-refractivity contribution in [3.05, 3.63) is 33.8 Å². The number of hydrogen-bond donors (Lipinski definition) is 2. The molecule has 0 bridgehead atoms. The summed E-state index contributed by atoms with van der Waals surface area (Å²) in [7, 11) is 0. The third-order valence-electron chi connectivity index (χ3n) is 2.10. The normalized spacial score (nSPS) is 11.2. The van der Waals surface area contributed by atoms with Gasteiger partial charge in [0.15, 0.2) is 0 Å². The highest BCUT2D eigenvalue weighted by Gasteiger charge is 2.09. The second-order valence-corrected chi connectivity index (χ2v) is 4.16. The Bertz CT molecular complexity index is 515. The standard InChI is InChI=1S/C11H11Cl2N3O2/c1-2-9(15-16-11(18)10(14)17)6-3-4-7(12)8(13)5-6/h3-5H,2H2,1H3,(H2,14,17)(H,16,18)/b15-9-. The molecule has 0 aliphatic heterocycles. The summed E-state index contributed by atoms with van der Waals surface area (Å²) in [5.74, 6) is -2.07. The van der Waals surface area contributed by atoms with E-state index in [4.69, 9.17) is 28.9 Å². The van der Waals surface area contributed by atoms with Crippen molar-refractivity contribution >= 4 is 40.7 Å². The molecule has 1 aromatic rings. The molecule has 1 aromatic carbocycles. The number of amides is 2. The first-order valence-corrected chi connectivity index (χ1v) is 5.83. The van der Waals surface area contributed by atoms with Gasteiger partial charge >= 0.3 is 11.8 Å². The van der Waals surface area contributed by atoms with Crippen LogP contribution in [0.25, 0.3) is 0 Å². The molecule has 0 aromatic heterocycles. The van der Waals surface area contributed by atoms with Gasteiger partial charge in [0.2, 0.25) is 0 Å². The lowest BCUT2D eigenvalue weighted by atomic mass is 10.1. The minimum absolute atomic E-state index is 0.386. The van der Waals surface area contributed by atoms with Gasteiger partial charge in [0, 0.05) is 0 Å². The molecule has 0 heterocycles. The van der Waals surface area contributed by atoms with Crippen LogP contribution in [0.3, 0.4) is 0 Å². The third kappa shape index (κ3) is 3.72. The Morgan fingerprint density at radius 2 is 2.00 bits per heavy atom. The van der Waals surface area contributed by atoms with Gasteiger partial charge in [-0.25, -0.2) is 5.43 Å². The molecule has 0 unspecified atom stereocenters. The van der Waals surface area contributed by atoms with Gasteiger partial charge < -0.3 is 5.73 Å². The van der Waals surface area contributed by atoms with E-state index in [-0.39, 0.29) is 0 Å². The molecule has 0 spiro atoms. The van der Waals surface area contributed by atoms with Crippen LogP contribution in [0.5, 0.6) is 0 Å². The molecule has 5 nitrogen and oxygen atoms in total. The topological polar surface area (TPSA) is 84.6 Å². The average molecular weight is 288 g/mol. The molecule has 0 atom stereocenters. The van der Waals surface area contributed by atoms with E-state index >= 15 is 0 Å². The Balaban J connectivity index is 2.95. The minimum Gasteiger partial charge on any atom is -0.361 e. The van der Waals surface area contributed by atoms with E-state index in [1.807, 2.05) is 6.92 Å². The predicted molar refractivity (Wildman–Crippen MR) is 70.6 cm³/mol. The fourth-order valence-corrected chi connectivity index (χ4v) is 1.49. The zero-order valence-electron chi connectivity index (χ0n) is 9.54. The second kappa shape index (κ2) is 6.37. The number of benzene rings is 1. The van der Waals surface area contributed by atoms with E-state index < -0.39 is 11.8 Å². The molecule has 0 saturated carbocycles. The van der Waals surface area contributed by atoms with Crippen molar-refractivity contribution in [2.24, 2.45) is 10.8 Å². The van der Waals surface area contributed by atoms with Gasteiger partial charge in [-0.3, -0.25) is 9.59 Å². The fourth-order valence-electron chi connectivity index (χ4n) is 1.20. The third-order valence-corrected chi connectivity index (χ3v) is 2.84. The molecule has 0 radical (unpaired) electrons. The average Bonchev–Trinajstić information content (AvgIpc) is 2.33. The maximum Gasteiger partial charge on any atom is 0.329 e. The number of halogens is 2. The summed E-state index contributed by atoms with van der Waals surface area (Å²) in [4.78, 5) is 21.5. The Morgan fingerprint density at radius 3 is 2.50 bits per heavy atom. The number of carbonyl (C=O) groups is 2. The first kappa shape index (κ1) is 14.5. The molecule has 0 aliphatic carbocycles. The van der Waals surface area contributed by atoms with Crippen LogP contribution in [0.15, 0.2) is 23.3 Å². The Hall–Kier alpha value is -1.59. The molecular formula is C11H11Cl2N3O2. The smallest absolute Gasteiger partial charge is 0.329 e. The van der Waals surface area contributed by atoms with E-state index in [9.17, 15) is 9.59 Å². The Morgan fingerprint density at radius 1 is 1.33 bits per heavy atom. The van der Waals surface area contributed by atoms with Crippen molar-refractivity contribution in [3.8, 4) is 0 Å². The predicted octanol–water partition coefficient (Wildman–Crippen LogP) is 1.71. The Labute approximate surface area is 114 Å².